The number of non-ortho nitro benzene ring substituents is 1. The molecule has 26 heavy (non-hydrogen) atoms. The van der Waals surface area contributed by atoms with Gasteiger partial charge in [0.05, 0.1) is 16.0 Å². The zero-order chi connectivity index (χ0) is 18.7. The molecule has 1 heterocycles. The lowest BCUT2D eigenvalue weighted by Crippen LogP contribution is -2.21. The van der Waals surface area contributed by atoms with Gasteiger partial charge in [-0.2, -0.15) is 0 Å². The first-order valence-corrected chi connectivity index (χ1v) is 7.73. The minimum absolute atomic E-state index is 0.0327. The van der Waals surface area contributed by atoms with Crippen LogP contribution in [0.4, 0.5) is 15.8 Å². The Hall–Kier alpha value is -3.26. The van der Waals surface area contributed by atoms with E-state index in [1.54, 1.807) is 6.07 Å². The van der Waals surface area contributed by atoms with Crippen LogP contribution in [0.2, 0.25) is 5.02 Å². The number of nitrogens with zero attached hydrogens (tertiary/aromatic N) is 2. The molecule has 2 aromatic carbocycles. The lowest BCUT2D eigenvalue weighted by Gasteiger charge is -2.10. The molecule has 0 bridgehead atoms. The number of anilines is 1. The van der Waals surface area contributed by atoms with Gasteiger partial charge in [0, 0.05) is 17.3 Å². The third-order valence-electron chi connectivity index (χ3n) is 3.47. The number of halogens is 2. The van der Waals surface area contributed by atoms with Crippen LogP contribution in [0, 0.1) is 15.9 Å². The summed E-state index contributed by atoms with van der Waals surface area (Å²) in [6, 6.07) is 9.59. The van der Waals surface area contributed by atoms with Crippen molar-refractivity contribution in [1.82, 2.24) is 4.98 Å². The molecule has 3 rings (SSSR count). The van der Waals surface area contributed by atoms with Crippen LogP contribution < -0.4 is 10.1 Å². The molecule has 0 aliphatic carbocycles. The molecule has 0 spiro atoms. The first-order chi connectivity index (χ1) is 12.5. The number of carbonyl (C=O) groups is 1. The highest BCUT2D eigenvalue weighted by molar-refractivity contribution is 6.30. The van der Waals surface area contributed by atoms with Gasteiger partial charge in [0.2, 0.25) is 0 Å². The Kier molecular flexibility index (Phi) is 4.94. The SMILES string of the molecule is O=C(COc1ccc([N+](=O)[O-])c2cccnc12)Nc1ccc(Cl)cc1F. The molecule has 7 nitrogen and oxygen atoms in total. The lowest BCUT2D eigenvalue weighted by atomic mass is 10.1. The summed E-state index contributed by atoms with van der Waals surface area (Å²) in [5.41, 5.74) is 0.106. The maximum absolute atomic E-state index is 13.7. The average molecular weight is 376 g/mol. The maximum atomic E-state index is 13.7. The fourth-order valence-corrected chi connectivity index (χ4v) is 2.49. The van der Waals surface area contributed by atoms with Crippen molar-refractivity contribution >= 4 is 39.8 Å². The van der Waals surface area contributed by atoms with E-state index in [0.717, 1.165) is 6.07 Å². The maximum Gasteiger partial charge on any atom is 0.279 e. The molecule has 0 atom stereocenters. The third kappa shape index (κ3) is 3.70. The zero-order valence-electron chi connectivity index (χ0n) is 13.1. The fraction of sp³-hybridized carbons (Fsp3) is 0.0588. The molecule has 3 aromatic rings. The van der Waals surface area contributed by atoms with Gasteiger partial charge < -0.3 is 10.1 Å². The number of ether oxygens (including phenoxy) is 1. The Bertz CT molecular complexity index is 1010. The summed E-state index contributed by atoms with van der Waals surface area (Å²) in [4.78, 5) is 26.6. The van der Waals surface area contributed by atoms with Gasteiger partial charge >= 0.3 is 0 Å². The summed E-state index contributed by atoms with van der Waals surface area (Å²) in [7, 11) is 0. The predicted octanol–water partition coefficient (Wildman–Crippen LogP) is 3.95. The second-order valence-electron chi connectivity index (χ2n) is 5.20. The van der Waals surface area contributed by atoms with Crippen molar-refractivity contribution in [3.8, 4) is 5.75 Å². The predicted molar refractivity (Wildman–Crippen MR) is 93.9 cm³/mol. The van der Waals surface area contributed by atoms with Crippen LogP contribution in [0.1, 0.15) is 0 Å². The van der Waals surface area contributed by atoms with Crippen molar-refractivity contribution in [1.29, 1.82) is 0 Å². The van der Waals surface area contributed by atoms with Gasteiger partial charge in [-0.05, 0) is 36.4 Å². The Morgan fingerprint density at radius 1 is 1.31 bits per heavy atom. The Morgan fingerprint density at radius 2 is 2.12 bits per heavy atom. The summed E-state index contributed by atoms with van der Waals surface area (Å²) in [5, 5.41) is 13.9. The van der Waals surface area contributed by atoms with Crippen molar-refractivity contribution in [2.24, 2.45) is 0 Å². The lowest BCUT2D eigenvalue weighted by molar-refractivity contribution is -0.383. The Labute approximate surface area is 151 Å². The minimum atomic E-state index is -0.673. The van der Waals surface area contributed by atoms with E-state index in [-0.39, 0.29) is 27.7 Å². The van der Waals surface area contributed by atoms with E-state index in [4.69, 9.17) is 16.3 Å². The molecule has 0 saturated heterocycles. The first-order valence-electron chi connectivity index (χ1n) is 7.35. The van der Waals surface area contributed by atoms with Gasteiger partial charge in [0.25, 0.3) is 11.6 Å². The molecule has 0 aliphatic heterocycles. The highest BCUT2D eigenvalue weighted by Crippen LogP contribution is 2.31. The number of nitro groups is 1. The standard InChI is InChI=1S/C17H11ClFN3O4/c18-10-3-4-13(12(19)8-10)21-16(23)9-26-15-6-5-14(22(24)25)11-2-1-7-20-17(11)15/h1-8H,9H2,(H,21,23). The molecule has 0 unspecified atom stereocenters. The third-order valence-corrected chi connectivity index (χ3v) is 3.71. The van der Waals surface area contributed by atoms with Crippen LogP contribution in [-0.2, 0) is 4.79 Å². The normalized spacial score (nSPS) is 10.5. The van der Waals surface area contributed by atoms with Crippen molar-refractivity contribution in [3.05, 3.63) is 69.6 Å². The largest absolute Gasteiger partial charge is 0.481 e. The molecule has 1 aromatic heterocycles. The molecule has 0 fully saturated rings. The van der Waals surface area contributed by atoms with E-state index in [1.165, 1.54) is 36.5 Å². The molecule has 0 aliphatic rings. The minimum Gasteiger partial charge on any atom is -0.481 e. The van der Waals surface area contributed by atoms with Gasteiger partial charge in [-0.25, -0.2) is 4.39 Å². The van der Waals surface area contributed by atoms with Crippen LogP contribution in [0.3, 0.4) is 0 Å². The second-order valence-corrected chi connectivity index (χ2v) is 5.64. The van der Waals surface area contributed by atoms with E-state index in [2.05, 4.69) is 10.3 Å². The number of nitro benzene ring substituents is 1. The molecule has 9 heteroatoms. The number of nitrogens with one attached hydrogen (secondary N) is 1. The van der Waals surface area contributed by atoms with Gasteiger partial charge in [-0.1, -0.05) is 11.6 Å². The number of hydrogen-bond donors (Lipinski definition) is 1. The van der Waals surface area contributed by atoms with Crippen LogP contribution >= 0.6 is 11.6 Å². The molecule has 1 amide bonds. The summed E-state index contributed by atoms with van der Waals surface area (Å²) in [5.74, 6) is -1.07. The molecule has 132 valence electrons. The number of carbonyl (C=O) groups excluding carboxylic acids is 1. The average Bonchev–Trinajstić information content (AvgIpc) is 2.61. The summed E-state index contributed by atoms with van der Waals surface area (Å²) in [6.07, 6.45) is 1.46. The quantitative estimate of drug-likeness (QED) is 0.538. The van der Waals surface area contributed by atoms with Gasteiger partial charge in [0.1, 0.15) is 17.1 Å². The topological polar surface area (TPSA) is 94.4 Å². The molecule has 1 N–H and O–H groups in total. The van der Waals surface area contributed by atoms with Crippen LogP contribution in [-0.4, -0.2) is 22.4 Å². The highest BCUT2D eigenvalue weighted by atomic mass is 35.5. The van der Waals surface area contributed by atoms with Gasteiger partial charge in [0.15, 0.2) is 6.61 Å². The smallest absolute Gasteiger partial charge is 0.279 e. The zero-order valence-corrected chi connectivity index (χ0v) is 13.9. The van der Waals surface area contributed by atoms with Gasteiger partial charge in [-0.15, -0.1) is 0 Å². The van der Waals surface area contributed by atoms with Crippen LogP contribution in [0.25, 0.3) is 10.9 Å². The number of benzene rings is 2. The molecule has 0 saturated carbocycles. The molecular formula is C17H11ClFN3O4. The first kappa shape index (κ1) is 17.6. The molecular weight excluding hydrogens is 365 g/mol. The van der Waals surface area contributed by atoms with Crippen molar-refractivity contribution in [2.45, 2.75) is 0 Å². The van der Waals surface area contributed by atoms with E-state index in [9.17, 15) is 19.3 Å². The number of hydrogen-bond acceptors (Lipinski definition) is 5. The molecule has 0 radical (unpaired) electrons. The van der Waals surface area contributed by atoms with E-state index in [0.29, 0.717) is 5.39 Å². The van der Waals surface area contributed by atoms with E-state index in [1.807, 2.05) is 0 Å². The van der Waals surface area contributed by atoms with Crippen molar-refractivity contribution < 1.29 is 18.8 Å². The number of aromatic nitrogens is 1. The number of amides is 1. The van der Waals surface area contributed by atoms with Crippen molar-refractivity contribution in [2.75, 3.05) is 11.9 Å². The van der Waals surface area contributed by atoms with E-state index < -0.39 is 23.3 Å². The number of pyridine rings is 1. The van der Waals surface area contributed by atoms with E-state index >= 15 is 0 Å². The highest BCUT2D eigenvalue weighted by Gasteiger charge is 2.16. The second kappa shape index (κ2) is 7.32. The van der Waals surface area contributed by atoms with Crippen molar-refractivity contribution in [3.63, 3.8) is 0 Å². The number of fused-ring (bicyclic) bond motifs is 1. The van der Waals surface area contributed by atoms with Gasteiger partial charge in [-0.3, -0.25) is 19.9 Å². The Balaban J connectivity index is 1.76. The van der Waals surface area contributed by atoms with Crippen LogP contribution in [0.15, 0.2) is 48.7 Å². The Morgan fingerprint density at radius 3 is 2.85 bits per heavy atom. The van der Waals surface area contributed by atoms with Crippen LogP contribution in [0.5, 0.6) is 5.75 Å². The summed E-state index contributed by atoms with van der Waals surface area (Å²) < 4.78 is 19.1. The summed E-state index contributed by atoms with van der Waals surface area (Å²) in [6.45, 7) is -0.425. The number of rotatable bonds is 5. The fourth-order valence-electron chi connectivity index (χ4n) is 2.33. The monoisotopic (exact) mass is 375 g/mol. The summed E-state index contributed by atoms with van der Waals surface area (Å²) >= 11 is 5.65.